The minimum Gasteiger partial charge on any atom is -0.396 e. The molecule has 0 spiro atoms. The monoisotopic (exact) mass is 232 g/mol. The number of anilines is 2. The maximum absolute atomic E-state index is 9.41. The highest BCUT2D eigenvalue weighted by atomic mass is 16.3. The van der Waals surface area contributed by atoms with Crippen molar-refractivity contribution in [3.8, 4) is 6.07 Å². The molecule has 90 valence electrons. The molecule has 4 N–H and O–H groups in total. The molecule has 2 rings (SSSR count). The Kier molecular flexibility index (Phi) is 3.45. The van der Waals surface area contributed by atoms with Crippen molar-refractivity contribution < 1.29 is 5.11 Å². The summed E-state index contributed by atoms with van der Waals surface area (Å²) >= 11 is 0. The third kappa shape index (κ3) is 2.86. The zero-order chi connectivity index (χ0) is 12.3. The van der Waals surface area contributed by atoms with E-state index in [0.717, 1.165) is 25.8 Å². The number of hydrogen-bond acceptors (Lipinski definition) is 5. The van der Waals surface area contributed by atoms with Crippen LogP contribution in [0.25, 0.3) is 0 Å². The number of pyridine rings is 1. The van der Waals surface area contributed by atoms with Gasteiger partial charge in [-0.15, -0.1) is 0 Å². The summed E-state index contributed by atoms with van der Waals surface area (Å²) in [6, 6.07) is 5.40. The van der Waals surface area contributed by atoms with Crippen molar-refractivity contribution in [2.75, 3.05) is 17.6 Å². The number of aliphatic hydroxyl groups is 1. The van der Waals surface area contributed by atoms with Crippen LogP contribution in [0.15, 0.2) is 12.1 Å². The van der Waals surface area contributed by atoms with Crippen molar-refractivity contribution >= 4 is 11.5 Å². The Morgan fingerprint density at radius 1 is 1.53 bits per heavy atom. The number of nitrogens with two attached hydrogens (primary N) is 1. The molecule has 0 radical (unpaired) electrons. The van der Waals surface area contributed by atoms with E-state index < -0.39 is 0 Å². The fraction of sp³-hybridized carbons (Fsp3) is 0.500. The smallest absolute Gasteiger partial charge is 0.165 e. The van der Waals surface area contributed by atoms with Crippen molar-refractivity contribution in [3.05, 3.63) is 17.8 Å². The molecule has 1 aromatic rings. The summed E-state index contributed by atoms with van der Waals surface area (Å²) in [6.07, 6.45) is 2.60. The van der Waals surface area contributed by atoms with Gasteiger partial charge in [-0.1, -0.05) is 0 Å². The molecule has 5 nitrogen and oxygen atoms in total. The van der Waals surface area contributed by atoms with Gasteiger partial charge in [-0.2, -0.15) is 5.26 Å². The lowest BCUT2D eigenvalue weighted by Crippen LogP contribution is -2.13. The van der Waals surface area contributed by atoms with Crippen molar-refractivity contribution in [1.29, 1.82) is 5.26 Å². The predicted molar refractivity (Wildman–Crippen MR) is 65.2 cm³/mol. The van der Waals surface area contributed by atoms with Crippen molar-refractivity contribution in [3.63, 3.8) is 0 Å². The first-order chi connectivity index (χ1) is 8.19. The highest BCUT2D eigenvalue weighted by Crippen LogP contribution is 2.25. The van der Waals surface area contributed by atoms with Gasteiger partial charge in [-0.05, 0) is 37.3 Å². The Morgan fingerprint density at radius 3 is 3.00 bits per heavy atom. The van der Waals surface area contributed by atoms with Crippen LogP contribution in [0.3, 0.4) is 0 Å². The second-order valence-corrected chi connectivity index (χ2v) is 4.46. The average Bonchev–Trinajstić information content (AvgIpc) is 2.74. The molecule has 5 heteroatoms. The van der Waals surface area contributed by atoms with Gasteiger partial charge in [0.2, 0.25) is 0 Å². The lowest BCUT2D eigenvalue weighted by Gasteiger charge is -2.11. The van der Waals surface area contributed by atoms with Crippen LogP contribution in [0.2, 0.25) is 0 Å². The number of nitrogens with zero attached hydrogens (tertiary/aromatic N) is 2. The predicted octanol–water partition coefficient (Wildman–Crippen LogP) is 1.11. The lowest BCUT2D eigenvalue weighted by molar-refractivity contribution is 0.178. The van der Waals surface area contributed by atoms with Gasteiger partial charge in [-0.25, -0.2) is 4.98 Å². The van der Waals surface area contributed by atoms with Crippen LogP contribution in [-0.4, -0.2) is 22.7 Å². The van der Waals surface area contributed by atoms with E-state index in [0.29, 0.717) is 17.4 Å². The maximum atomic E-state index is 9.41. The number of aliphatic hydroxyl groups excluding tert-OH is 1. The van der Waals surface area contributed by atoms with Crippen LogP contribution in [0, 0.1) is 17.2 Å². The quantitative estimate of drug-likeness (QED) is 0.725. The van der Waals surface area contributed by atoms with Gasteiger partial charge >= 0.3 is 0 Å². The summed E-state index contributed by atoms with van der Waals surface area (Å²) in [6.45, 7) is 0.777. The van der Waals surface area contributed by atoms with Gasteiger partial charge in [-0.3, -0.25) is 0 Å². The first-order valence-electron chi connectivity index (χ1n) is 5.77. The summed E-state index contributed by atoms with van der Waals surface area (Å²) in [5.74, 6) is 1.15. The fourth-order valence-corrected chi connectivity index (χ4v) is 2.14. The number of hydrogen-bond donors (Lipinski definition) is 3. The van der Waals surface area contributed by atoms with Crippen LogP contribution in [0.4, 0.5) is 11.5 Å². The summed E-state index contributed by atoms with van der Waals surface area (Å²) < 4.78 is 0. The second-order valence-electron chi connectivity index (χ2n) is 4.46. The minimum absolute atomic E-state index is 0.157. The molecule has 17 heavy (non-hydrogen) atoms. The fourth-order valence-electron chi connectivity index (χ4n) is 2.14. The Hall–Kier alpha value is -1.80. The van der Waals surface area contributed by atoms with Gasteiger partial charge in [0.05, 0.1) is 11.8 Å². The largest absolute Gasteiger partial charge is 0.396 e. The normalized spacial score (nSPS) is 23.3. The maximum Gasteiger partial charge on any atom is 0.165 e. The summed E-state index contributed by atoms with van der Waals surface area (Å²) in [5, 5.41) is 21.4. The number of nitrogen functional groups attached to an aromatic ring is 1. The van der Waals surface area contributed by atoms with Crippen molar-refractivity contribution in [2.24, 2.45) is 5.92 Å². The van der Waals surface area contributed by atoms with E-state index in [1.807, 2.05) is 6.07 Å². The Bertz CT molecular complexity index is 441. The van der Waals surface area contributed by atoms with E-state index in [-0.39, 0.29) is 11.8 Å². The third-order valence-corrected chi connectivity index (χ3v) is 3.12. The number of rotatable bonds is 3. The van der Waals surface area contributed by atoms with Crippen LogP contribution in [0.5, 0.6) is 0 Å². The van der Waals surface area contributed by atoms with Crippen LogP contribution < -0.4 is 11.1 Å². The molecule has 0 aromatic carbocycles. The molecule has 0 amide bonds. The number of nitriles is 1. The second kappa shape index (κ2) is 5.02. The molecular weight excluding hydrogens is 216 g/mol. The SMILES string of the molecule is N#Cc1nc(NCC2CCC(O)C2)ccc1N. The molecule has 1 heterocycles. The standard InChI is InChI=1S/C12H16N4O/c13-6-11-10(14)3-4-12(16-11)15-7-8-1-2-9(17)5-8/h3-4,8-9,17H,1-2,5,7,14H2,(H,15,16). The molecule has 1 saturated carbocycles. The molecule has 0 aliphatic heterocycles. The molecular formula is C12H16N4O. The molecule has 1 aliphatic rings. The van der Waals surface area contributed by atoms with Crippen molar-refractivity contribution in [1.82, 2.24) is 4.98 Å². The zero-order valence-corrected chi connectivity index (χ0v) is 9.56. The minimum atomic E-state index is -0.157. The van der Waals surface area contributed by atoms with Crippen molar-refractivity contribution in [2.45, 2.75) is 25.4 Å². The third-order valence-electron chi connectivity index (χ3n) is 3.12. The van der Waals surface area contributed by atoms with Crippen LogP contribution in [-0.2, 0) is 0 Å². The molecule has 1 aliphatic carbocycles. The van der Waals surface area contributed by atoms with E-state index in [1.165, 1.54) is 0 Å². The Balaban J connectivity index is 1.93. The average molecular weight is 232 g/mol. The van der Waals surface area contributed by atoms with E-state index >= 15 is 0 Å². The Labute approximate surface area is 100 Å². The topological polar surface area (TPSA) is 95.0 Å². The first kappa shape index (κ1) is 11.7. The summed E-state index contributed by atoms with van der Waals surface area (Å²) in [7, 11) is 0. The molecule has 0 bridgehead atoms. The highest BCUT2D eigenvalue weighted by Gasteiger charge is 2.22. The molecule has 2 atom stereocenters. The van der Waals surface area contributed by atoms with Gasteiger partial charge < -0.3 is 16.2 Å². The summed E-state index contributed by atoms with van der Waals surface area (Å²) in [4.78, 5) is 4.11. The van der Waals surface area contributed by atoms with E-state index in [2.05, 4.69) is 10.3 Å². The highest BCUT2D eigenvalue weighted by molar-refractivity contribution is 5.54. The van der Waals surface area contributed by atoms with E-state index in [4.69, 9.17) is 11.0 Å². The zero-order valence-electron chi connectivity index (χ0n) is 9.56. The van der Waals surface area contributed by atoms with Crippen LogP contribution in [0.1, 0.15) is 25.0 Å². The van der Waals surface area contributed by atoms with Gasteiger partial charge in [0, 0.05) is 6.54 Å². The van der Waals surface area contributed by atoms with E-state index in [9.17, 15) is 5.11 Å². The lowest BCUT2D eigenvalue weighted by atomic mass is 10.1. The number of nitrogens with one attached hydrogen (secondary N) is 1. The molecule has 1 fully saturated rings. The van der Waals surface area contributed by atoms with Crippen LogP contribution >= 0.6 is 0 Å². The van der Waals surface area contributed by atoms with Gasteiger partial charge in [0.15, 0.2) is 5.69 Å². The first-order valence-corrected chi connectivity index (χ1v) is 5.77. The summed E-state index contributed by atoms with van der Waals surface area (Å²) in [5.41, 5.74) is 6.24. The van der Waals surface area contributed by atoms with E-state index in [1.54, 1.807) is 12.1 Å². The number of aromatic nitrogens is 1. The van der Waals surface area contributed by atoms with Gasteiger partial charge in [0.25, 0.3) is 0 Å². The molecule has 0 saturated heterocycles. The molecule has 2 unspecified atom stereocenters. The van der Waals surface area contributed by atoms with Gasteiger partial charge in [0.1, 0.15) is 11.9 Å². The molecule has 1 aromatic heterocycles. The Morgan fingerprint density at radius 2 is 2.35 bits per heavy atom.